The molecule has 2 aromatic heterocycles. The highest BCUT2D eigenvalue weighted by atomic mass is 35.5. The number of nitrogens with one attached hydrogen (secondary N) is 1. The summed E-state index contributed by atoms with van der Waals surface area (Å²) in [5.74, 6) is 0.176. The van der Waals surface area contributed by atoms with Gasteiger partial charge in [0.25, 0.3) is 0 Å². The number of aryl methyl sites for hydroxylation is 1. The number of rotatable bonds is 9. The summed E-state index contributed by atoms with van der Waals surface area (Å²) in [6.07, 6.45) is 1.78. The Kier molecular flexibility index (Phi) is 8.58. The second kappa shape index (κ2) is 12.3. The quantitative estimate of drug-likeness (QED) is 0.142. The molecule has 0 bridgehead atoms. The van der Waals surface area contributed by atoms with Crippen molar-refractivity contribution in [2.75, 3.05) is 32.3 Å². The van der Waals surface area contributed by atoms with Crippen LogP contribution in [-0.4, -0.2) is 48.1 Å². The van der Waals surface area contributed by atoms with Crippen LogP contribution in [0.25, 0.3) is 5.69 Å². The lowest BCUT2D eigenvalue weighted by Gasteiger charge is -2.28. The summed E-state index contributed by atoms with van der Waals surface area (Å²) >= 11 is 12.6. The number of hydrogen-bond acceptors (Lipinski definition) is 6. The van der Waals surface area contributed by atoms with Crippen molar-refractivity contribution in [1.29, 1.82) is 0 Å². The number of nitrogens with zero attached hydrogens (tertiary/aromatic N) is 3. The maximum atomic E-state index is 12.6. The summed E-state index contributed by atoms with van der Waals surface area (Å²) in [5.41, 5.74) is 5.86. The minimum Gasteiger partial charge on any atom is -0.490 e. The number of carbonyl (C=O) groups is 1. The van der Waals surface area contributed by atoms with Gasteiger partial charge in [0.05, 0.1) is 47.8 Å². The van der Waals surface area contributed by atoms with Crippen LogP contribution in [0.5, 0.6) is 5.75 Å². The normalized spacial score (nSPS) is 16.5. The van der Waals surface area contributed by atoms with Gasteiger partial charge in [0.2, 0.25) is 0 Å². The second-order valence-electron chi connectivity index (χ2n) is 9.62. The zero-order chi connectivity index (χ0) is 29.1. The van der Waals surface area contributed by atoms with E-state index < -0.39 is 5.97 Å². The van der Waals surface area contributed by atoms with Crippen molar-refractivity contribution >= 4 is 40.6 Å². The summed E-state index contributed by atoms with van der Waals surface area (Å²) in [5, 5.41) is 4.52. The zero-order valence-electron chi connectivity index (χ0n) is 23.3. The van der Waals surface area contributed by atoms with E-state index in [4.69, 9.17) is 38.0 Å². The van der Waals surface area contributed by atoms with E-state index in [0.29, 0.717) is 34.7 Å². The van der Waals surface area contributed by atoms with Crippen molar-refractivity contribution in [3.05, 3.63) is 106 Å². The standard InChI is InChI=1S/C31H31ClN4O4S/c1-19-17-23(20(2)35(19)26-11-6-5-9-22(26)30(37)39-4)29-28(25-10-7-8-14-33-25)34-31(41)36(29)21-12-13-27(24(32)18-21)40-16-15-38-3/h5-14,17-18,28-29H,15-16H2,1-4H3,(H,34,41). The summed E-state index contributed by atoms with van der Waals surface area (Å²) in [7, 11) is 3.01. The second-order valence-corrected chi connectivity index (χ2v) is 10.4. The molecule has 4 aromatic rings. The number of thiocarbonyl (C=S) groups is 1. The van der Waals surface area contributed by atoms with E-state index in [-0.39, 0.29) is 12.1 Å². The Balaban J connectivity index is 1.63. The number of hydrogen-bond donors (Lipinski definition) is 1. The molecule has 2 aromatic carbocycles. The molecule has 3 heterocycles. The molecule has 8 nitrogen and oxygen atoms in total. The first kappa shape index (κ1) is 28.6. The highest BCUT2D eigenvalue weighted by Gasteiger charge is 2.42. The van der Waals surface area contributed by atoms with Crippen LogP contribution in [0.4, 0.5) is 5.69 Å². The molecule has 0 saturated carbocycles. The first-order chi connectivity index (χ1) is 19.8. The monoisotopic (exact) mass is 590 g/mol. The van der Waals surface area contributed by atoms with E-state index in [1.165, 1.54) is 7.11 Å². The lowest BCUT2D eigenvalue weighted by molar-refractivity contribution is 0.0600. The number of methoxy groups -OCH3 is 2. The molecule has 0 amide bonds. The number of aromatic nitrogens is 2. The number of benzene rings is 2. The lowest BCUT2D eigenvalue weighted by atomic mass is 9.96. The number of ether oxygens (including phenoxy) is 3. The van der Waals surface area contributed by atoms with Crippen molar-refractivity contribution in [2.24, 2.45) is 0 Å². The topological polar surface area (TPSA) is 77.9 Å². The molecule has 1 saturated heterocycles. The van der Waals surface area contributed by atoms with E-state index in [1.54, 1.807) is 19.4 Å². The van der Waals surface area contributed by atoms with E-state index in [2.05, 4.69) is 25.8 Å². The third kappa shape index (κ3) is 5.53. The van der Waals surface area contributed by atoms with Gasteiger partial charge in [-0.1, -0.05) is 29.8 Å². The van der Waals surface area contributed by atoms with Crippen LogP contribution in [-0.2, 0) is 9.47 Å². The SMILES string of the molecule is COCCOc1ccc(N2C(=S)NC(c3ccccn3)C2c2cc(C)n(-c3ccccc3C(=O)OC)c2C)cc1Cl. The molecule has 41 heavy (non-hydrogen) atoms. The molecule has 1 aliphatic rings. The highest BCUT2D eigenvalue weighted by Crippen LogP contribution is 2.45. The van der Waals surface area contributed by atoms with E-state index in [9.17, 15) is 4.79 Å². The van der Waals surface area contributed by atoms with Gasteiger partial charge in [-0.05, 0) is 80.2 Å². The molecule has 1 aliphatic heterocycles. The van der Waals surface area contributed by atoms with Crippen molar-refractivity contribution in [2.45, 2.75) is 25.9 Å². The zero-order valence-corrected chi connectivity index (χ0v) is 24.8. The van der Waals surface area contributed by atoms with Gasteiger partial charge in [0.15, 0.2) is 5.11 Å². The average molecular weight is 591 g/mol. The predicted octanol–water partition coefficient (Wildman–Crippen LogP) is 6.13. The van der Waals surface area contributed by atoms with Crippen LogP contribution in [0, 0.1) is 13.8 Å². The molecule has 0 radical (unpaired) electrons. The molecule has 5 rings (SSSR count). The number of halogens is 1. The number of pyridine rings is 1. The van der Waals surface area contributed by atoms with E-state index >= 15 is 0 Å². The maximum absolute atomic E-state index is 12.6. The van der Waals surface area contributed by atoms with Crippen LogP contribution < -0.4 is 15.0 Å². The lowest BCUT2D eigenvalue weighted by Crippen LogP contribution is -2.29. The van der Waals surface area contributed by atoms with Crippen LogP contribution in [0.1, 0.15) is 45.1 Å². The fourth-order valence-corrected chi connectivity index (χ4v) is 5.92. The molecular formula is C31H31ClN4O4S. The third-order valence-corrected chi connectivity index (χ3v) is 7.79. The van der Waals surface area contributed by atoms with Gasteiger partial charge in [0.1, 0.15) is 12.4 Å². The van der Waals surface area contributed by atoms with Crippen LogP contribution in [0.3, 0.4) is 0 Å². The van der Waals surface area contributed by atoms with Gasteiger partial charge in [-0.25, -0.2) is 4.79 Å². The molecule has 0 aliphatic carbocycles. The van der Waals surface area contributed by atoms with Gasteiger partial charge < -0.3 is 29.0 Å². The smallest absolute Gasteiger partial charge is 0.339 e. The average Bonchev–Trinajstić information content (AvgIpc) is 3.48. The Morgan fingerprint density at radius 1 is 1.05 bits per heavy atom. The van der Waals surface area contributed by atoms with Crippen molar-refractivity contribution in [1.82, 2.24) is 14.9 Å². The largest absolute Gasteiger partial charge is 0.490 e. The van der Waals surface area contributed by atoms with Gasteiger partial charge in [0, 0.05) is 30.4 Å². The molecule has 10 heteroatoms. The van der Waals surface area contributed by atoms with Crippen LogP contribution in [0.15, 0.2) is 72.9 Å². The Morgan fingerprint density at radius 2 is 1.83 bits per heavy atom. The van der Waals surface area contributed by atoms with Crippen molar-refractivity contribution in [3.63, 3.8) is 0 Å². The third-order valence-electron chi connectivity index (χ3n) is 7.18. The summed E-state index contributed by atoms with van der Waals surface area (Å²) < 4.78 is 18.0. The summed E-state index contributed by atoms with van der Waals surface area (Å²) in [6.45, 7) is 4.92. The minimum atomic E-state index is -0.395. The molecule has 2 atom stereocenters. The first-order valence-corrected chi connectivity index (χ1v) is 13.9. The number of anilines is 1. The minimum absolute atomic E-state index is 0.245. The van der Waals surface area contributed by atoms with Gasteiger partial charge >= 0.3 is 5.97 Å². The fraction of sp³-hybridized carbons (Fsp3) is 0.258. The Hall–Kier alpha value is -3.92. The molecule has 212 valence electrons. The maximum Gasteiger partial charge on any atom is 0.339 e. The molecule has 2 unspecified atom stereocenters. The molecule has 1 fully saturated rings. The Bertz CT molecular complexity index is 1580. The molecular weight excluding hydrogens is 560 g/mol. The van der Waals surface area contributed by atoms with Crippen LogP contribution >= 0.6 is 23.8 Å². The Labute approximate surface area is 249 Å². The fourth-order valence-electron chi connectivity index (χ4n) is 5.35. The van der Waals surface area contributed by atoms with Gasteiger partial charge in [-0.3, -0.25) is 4.98 Å². The summed E-state index contributed by atoms with van der Waals surface area (Å²) in [6, 6.07) is 20.5. The van der Waals surface area contributed by atoms with Crippen LogP contribution in [0.2, 0.25) is 5.02 Å². The van der Waals surface area contributed by atoms with E-state index in [1.807, 2.05) is 68.4 Å². The Morgan fingerprint density at radius 3 is 2.54 bits per heavy atom. The van der Waals surface area contributed by atoms with Crippen molar-refractivity contribution in [3.8, 4) is 11.4 Å². The number of para-hydroxylation sites is 1. The van der Waals surface area contributed by atoms with E-state index in [0.717, 1.165) is 34.0 Å². The summed E-state index contributed by atoms with van der Waals surface area (Å²) in [4.78, 5) is 19.4. The highest BCUT2D eigenvalue weighted by molar-refractivity contribution is 7.80. The molecule has 1 N–H and O–H groups in total. The van der Waals surface area contributed by atoms with Gasteiger partial charge in [-0.15, -0.1) is 0 Å². The molecule has 0 spiro atoms. The predicted molar refractivity (Wildman–Crippen MR) is 163 cm³/mol. The number of esters is 1. The van der Waals surface area contributed by atoms with Gasteiger partial charge in [-0.2, -0.15) is 0 Å². The number of carbonyl (C=O) groups excluding carboxylic acids is 1. The first-order valence-electron chi connectivity index (χ1n) is 13.1. The van der Waals surface area contributed by atoms with Crippen molar-refractivity contribution < 1.29 is 19.0 Å².